The summed E-state index contributed by atoms with van der Waals surface area (Å²) in [7, 11) is 0. The van der Waals surface area contributed by atoms with Gasteiger partial charge in [-0.2, -0.15) is 0 Å². The Kier molecular flexibility index (Phi) is 3.59. The Morgan fingerprint density at radius 2 is 2.08 bits per heavy atom. The molecule has 1 amide bonds. The van der Waals surface area contributed by atoms with Gasteiger partial charge < -0.3 is 14.6 Å². The standard InChI is InChI=1S/C19H21FN2O2/c1-11-10-15(12(2)22(11)13-6-7-13)19(23)21-17-8-9-24-18-14(17)4-3-5-16(18)20/h3-5,10,13,17H,6-9H2,1-2H3,(H,21,23)/t17-/m1/s1. The molecule has 1 aromatic heterocycles. The minimum absolute atomic E-state index is 0.0999. The second-order valence-electron chi connectivity index (χ2n) is 6.71. The Morgan fingerprint density at radius 1 is 1.29 bits per heavy atom. The highest BCUT2D eigenvalue weighted by Gasteiger charge is 2.30. The highest BCUT2D eigenvalue weighted by Crippen LogP contribution is 2.39. The normalized spacial score (nSPS) is 19.5. The van der Waals surface area contributed by atoms with Gasteiger partial charge >= 0.3 is 0 Å². The number of aromatic nitrogens is 1. The van der Waals surface area contributed by atoms with Gasteiger partial charge in [0.25, 0.3) is 5.91 Å². The molecule has 126 valence electrons. The van der Waals surface area contributed by atoms with Gasteiger partial charge in [-0.15, -0.1) is 0 Å². The molecule has 24 heavy (non-hydrogen) atoms. The molecule has 1 aliphatic heterocycles. The summed E-state index contributed by atoms with van der Waals surface area (Å²) in [5.41, 5.74) is 3.56. The third-order valence-corrected chi connectivity index (χ3v) is 4.97. The van der Waals surface area contributed by atoms with Gasteiger partial charge in [0, 0.05) is 29.4 Å². The van der Waals surface area contributed by atoms with E-state index in [0.717, 1.165) is 11.4 Å². The number of rotatable bonds is 3. The van der Waals surface area contributed by atoms with Crippen LogP contribution >= 0.6 is 0 Å². The van der Waals surface area contributed by atoms with Crippen LogP contribution in [0.4, 0.5) is 4.39 Å². The predicted octanol–water partition coefficient (Wildman–Crippen LogP) is 3.83. The highest BCUT2D eigenvalue weighted by molar-refractivity contribution is 5.96. The first-order valence-electron chi connectivity index (χ1n) is 8.46. The van der Waals surface area contributed by atoms with Crippen molar-refractivity contribution in [1.82, 2.24) is 9.88 Å². The van der Waals surface area contributed by atoms with Crippen molar-refractivity contribution < 1.29 is 13.9 Å². The van der Waals surface area contributed by atoms with Crippen molar-refractivity contribution in [2.75, 3.05) is 6.61 Å². The van der Waals surface area contributed by atoms with E-state index in [1.807, 2.05) is 26.0 Å². The Hall–Kier alpha value is -2.30. The fourth-order valence-corrected chi connectivity index (χ4v) is 3.67. The lowest BCUT2D eigenvalue weighted by atomic mass is 10.00. The lowest BCUT2D eigenvalue weighted by Crippen LogP contribution is -2.32. The number of nitrogens with one attached hydrogen (secondary N) is 1. The van der Waals surface area contributed by atoms with Crippen molar-refractivity contribution in [3.05, 3.63) is 52.6 Å². The molecule has 0 radical (unpaired) electrons. The third-order valence-electron chi connectivity index (χ3n) is 4.97. The van der Waals surface area contributed by atoms with Crippen LogP contribution in [0.2, 0.25) is 0 Å². The van der Waals surface area contributed by atoms with Crippen LogP contribution in [0.1, 0.15) is 58.7 Å². The number of aryl methyl sites for hydroxylation is 1. The van der Waals surface area contributed by atoms with Gasteiger partial charge in [0.05, 0.1) is 18.2 Å². The molecule has 4 rings (SSSR count). The second kappa shape index (κ2) is 5.65. The maximum Gasteiger partial charge on any atom is 0.253 e. The van der Waals surface area contributed by atoms with E-state index in [-0.39, 0.29) is 23.5 Å². The van der Waals surface area contributed by atoms with E-state index in [4.69, 9.17) is 4.74 Å². The monoisotopic (exact) mass is 328 g/mol. The van der Waals surface area contributed by atoms with Gasteiger partial charge in [-0.3, -0.25) is 4.79 Å². The largest absolute Gasteiger partial charge is 0.490 e. The number of benzene rings is 1. The van der Waals surface area contributed by atoms with Gasteiger partial charge in [0.2, 0.25) is 0 Å². The molecule has 1 aromatic carbocycles. The Balaban J connectivity index is 1.60. The Morgan fingerprint density at radius 3 is 2.83 bits per heavy atom. The zero-order valence-electron chi connectivity index (χ0n) is 13.9. The van der Waals surface area contributed by atoms with Crippen LogP contribution in [-0.2, 0) is 0 Å². The molecule has 5 heteroatoms. The fraction of sp³-hybridized carbons (Fsp3) is 0.421. The van der Waals surface area contributed by atoms with E-state index in [0.29, 0.717) is 30.2 Å². The van der Waals surface area contributed by atoms with Gasteiger partial charge in [0.15, 0.2) is 11.6 Å². The summed E-state index contributed by atoms with van der Waals surface area (Å²) in [6.45, 7) is 4.44. The summed E-state index contributed by atoms with van der Waals surface area (Å²) < 4.78 is 21.6. The molecule has 0 saturated heterocycles. The fourth-order valence-electron chi connectivity index (χ4n) is 3.67. The van der Waals surface area contributed by atoms with Crippen molar-refractivity contribution in [3.8, 4) is 5.75 Å². The summed E-state index contributed by atoms with van der Waals surface area (Å²) in [5.74, 6) is -0.215. The first kappa shape index (κ1) is 15.2. The lowest BCUT2D eigenvalue weighted by Gasteiger charge is -2.27. The highest BCUT2D eigenvalue weighted by atomic mass is 19.1. The molecule has 2 heterocycles. The minimum atomic E-state index is -0.377. The molecule has 1 aliphatic carbocycles. The van der Waals surface area contributed by atoms with Crippen molar-refractivity contribution in [1.29, 1.82) is 0 Å². The molecule has 2 aliphatic rings. The van der Waals surface area contributed by atoms with Crippen LogP contribution in [0.3, 0.4) is 0 Å². The molecule has 0 unspecified atom stereocenters. The number of hydrogen-bond donors (Lipinski definition) is 1. The molecular weight excluding hydrogens is 307 g/mol. The summed E-state index contributed by atoms with van der Waals surface area (Å²) in [4.78, 5) is 12.8. The number of amides is 1. The molecular formula is C19H21FN2O2. The summed E-state index contributed by atoms with van der Waals surface area (Å²) in [6, 6.07) is 7.13. The maximum absolute atomic E-state index is 13.9. The topological polar surface area (TPSA) is 43.3 Å². The number of nitrogens with zero attached hydrogens (tertiary/aromatic N) is 1. The lowest BCUT2D eigenvalue weighted by molar-refractivity contribution is 0.0923. The minimum Gasteiger partial charge on any atom is -0.490 e. The van der Waals surface area contributed by atoms with Gasteiger partial charge in [-0.05, 0) is 38.8 Å². The number of ether oxygens (including phenoxy) is 1. The molecule has 4 nitrogen and oxygen atoms in total. The molecule has 1 fully saturated rings. The van der Waals surface area contributed by atoms with E-state index in [2.05, 4.69) is 9.88 Å². The van der Waals surface area contributed by atoms with E-state index in [9.17, 15) is 9.18 Å². The van der Waals surface area contributed by atoms with E-state index in [1.165, 1.54) is 18.9 Å². The van der Waals surface area contributed by atoms with Gasteiger partial charge in [-0.1, -0.05) is 12.1 Å². The SMILES string of the molecule is Cc1cc(C(=O)N[C@@H]2CCOc3c(F)cccc32)c(C)n1C1CC1. The van der Waals surface area contributed by atoms with Crippen LogP contribution in [0.5, 0.6) is 5.75 Å². The van der Waals surface area contributed by atoms with Crippen molar-refractivity contribution >= 4 is 5.91 Å². The first-order valence-corrected chi connectivity index (χ1v) is 8.46. The number of hydrogen-bond acceptors (Lipinski definition) is 2. The number of halogens is 1. The number of carbonyl (C=O) groups is 1. The summed E-state index contributed by atoms with van der Waals surface area (Å²) in [6.07, 6.45) is 3.01. The van der Waals surface area contributed by atoms with E-state index >= 15 is 0 Å². The maximum atomic E-state index is 13.9. The zero-order chi connectivity index (χ0) is 16.8. The smallest absolute Gasteiger partial charge is 0.253 e. The quantitative estimate of drug-likeness (QED) is 0.930. The van der Waals surface area contributed by atoms with Crippen molar-refractivity contribution in [2.24, 2.45) is 0 Å². The van der Waals surface area contributed by atoms with Crippen LogP contribution < -0.4 is 10.1 Å². The number of carbonyl (C=O) groups excluding carboxylic acids is 1. The van der Waals surface area contributed by atoms with Gasteiger partial charge in [-0.25, -0.2) is 4.39 Å². The van der Waals surface area contributed by atoms with E-state index < -0.39 is 0 Å². The Bertz CT molecular complexity index is 808. The molecule has 0 bridgehead atoms. The predicted molar refractivity (Wildman–Crippen MR) is 88.9 cm³/mol. The number of fused-ring (bicyclic) bond motifs is 1. The number of para-hydroxylation sites is 1. The Labute approximate surface area is 140 Å². The van der Waals surface area contributed by atoms with Crippen LogP contribution in [-0.4, -0.2) is 17.1 Å². The van der Waals surface area contributed by atoms with Crippen LogP contribution in [0, 0.1) is 19.7 Å². The van der Waals surface area contributed by atoms with Crippen LogP contribution in [0.25, 0.3) is 0 Å². The average molecular weight is 328 g/mol. The van der Waals surface area contributed by atoms with Crippen molar-refractivity contribution in [2.45, 2.75) is 45.2 Å². The van der Waals surface area contributed by atoms with Crippen molar-refractivity contribution in [3.63, 3.8) is 0 Å². The molecule has 1 saturated carbocycles. The average Bonchev–Trinajstić information content (AvgIpc) is 3.34. The molecule has 1 atom stereocenters. The second-order valence-corrected chi connectivity index (χ2v) is 6.71. The van der Waals surface area contributed by atoms with Crippen LogP contribution in [0.15, 0.2) is 24.3 Å². The third kappa shape index (κ3) is 2.48. The van der Waals surface area contributed by atoms with E-state index in [1.54, 1.807) is 6.07 Å². The summed E-state index contributed by atoms with van der Waals surface area (Å²) in [5, 5.41) is 3.06. The molecule has 0 spiro atoms. The molecule has 1 N–H and O–H groups in total. The first-order chi connectivity index (χ1) is 11.6. The zero-order valence-corrected chi connectivity index (χ0v) is 13.9. The molecule has 2 aromatic rings. The van der Waals surface area contributed by atoms with Gasteiger partial charge in [0.1, 0.15) is 0 Å². The summed E-state index contributed by atoms with van der Waals surface area (Å²) >= 11 is 0.